The number of rotatable bonds is 3. The number of carbonyl (C=O) groups is 2. The van der Waals surface area contributed by atoms with Gasteiger partial charge in [0.15, 0.2) is 0 Å². The van der Waals surface area contributed by atoms with Gasteiger partial charge in [0.1, 0.15) is 11.3 Å². The molecule has 108 valence electrons. The van der Waals surface area contributed by atoms with Gasteiger partial charge in [0.05, 0.1) is 15.7 Å². The molecule has 0 aliphatic heterocycles. The Morgan fingerprint density at radius 3 is 2.38 bits per heavy atom. The fourth-order valence-electron chi connectivity index (χ4n) is 1.53. The second-order valence-corrected chi connectivity index (χ2v) is 4.66. The summed E-state index contributed by atoms with van der Waals surface area (Å²) in [5.74, 6) is -2.08. The number of nitrogens with zero attached hydrogens (tertiary/aromatic N) is 1. The third-order valence-corrected chi connectivity index (χ3v) is 3.10. The number of aromatic amines is 1. The Bertz CT molecular complexity index is 768. The van der Waals surface area contributed by atoms with Gasteiger partial charge in [-0.1, -0.05) is 23.2 Å². The zero-order chi connectivity index (χ0) is 15.6. The number of anilines is 1. The maximum Gasteiger partial charge on any atom is 0.339 e. The average molecular weight is 328 g/mol. The van der Waals surface area contributed by atoms with E-state index in [0.29, 0.717) is 0 Å². The summed E-state index contributed by atoms with van der Waals surface area (Å²) < 4.78 is 0. The van der Waals surface area contributed by atoms with Crippen molar-refractivity contribution >= 4 is 40.8 Å². The average Bonchev–Trinajstić information content (AvgIpc) is 2.43. The number of aromatic carboxylic acids is 1. The van der Waals surface area contributed by atoms with Gasteiger partial charge in [-0.15, -0.1) is 0 Å². The quantitative estimate of drug-likeness (QED) is 0.798. The normalized spacial score (nSPS) is 10.2. The molecule has 9 heteroatoms. The Hall–Kier alpha value is -2.38. The van der Waals surface area contributed by atoms with E-state index in [4.69, 9.17) is 28.3 Å². The lowest BCUT2D eigenvalue weighted by Crippen LogP contribution is -2.19. The lowest BCUT2D eigenvalue weighted by molar-refractivity contribution is 0.0698. The highest BCUT2D eigenvalue weighted by molar-refractivity contribution is 6.38. The van der Waals surface area contributed by atoms with Gasteiger partial charge < -0.3 is 10.4 Å². The molecule has 0 radical (unpaired) electrons. The number of carbonyl (C=O) groups excluding carboxylic acids is 1. The Kier molecular flexibility index (Phi) is 4.25. The molecule has 0 fully saturated rings. The number of nitrogens with one attached hydrogen (secondary N) is 2. The molecule has 1 aromatic carbocycles. The lowest BCUT2D eigenvalue weighted by Gasteiger charge is -2.11. The van der Waals surface area contributed by atoms with Crippen LogP contribution in [0, 0.1) is 0 Å². The van der Waals surface area contributed by atoms with Crippen LogP contribution in [-0.4, -0.2) is 27.2 Å². The molecule has 0 spiro atoms. The summed E-state index contributed by atoms with van der Waals surface area (Å²) in [5, 5.41) is 17.0. The number of benzene rings is 1. The zero-order valence-corrected chi connectivity index (χ0v) is 11.7. The van der Waals surface area contributed by atoms with Crippen molar-refractivity contribution in [3.8, 4) is 0 Å². The van der Waals surface area contributed by atoms with Crippen LogP contribution in [0.4, 0.5) is 5.69 Å². The smallest absolute Gasteiger partial charge is 0.339 e. The monoisotopic (exact) mass is 327 g/mol. The van der Waals surface area contributed by atoms with Crippen LogP contribution in [0.15, 0.2) is 29.1 Å². The van der Waals surface area contributed by atoms with E-state index >= 15 is 0 Å². The van der Waals surface area contributed by atoms with Crippen LogP contribution in [-0.2, 0) is 0 Å². The molecule has 1 amide bonds. The lowest BCUT2D eigenvalue weighted by atomic mass is 10.1. The highest BCUT2D eigenvalue weighted by Crippen LogP contribution is 2.32. The van der Waals surface area contributed by atoms with Gasteiger partial charge in [-0.05, 0) is 18.2 Å². The summed E-state index contributed by atoms with van der Waals surface area (Å²) in [4.78, 5) is 34.1. The zero-order valence-electron chi connectivity index (χ0n) is 10.2. The number of aromatic nitrogens is 2. The maximum atomic E-state index is 12.0. The highest BCUT2D eigenvalue weighted by Gasteiger charge is 2.20. The van der Waals surface area contributed by atoms with Crippen LogP contribution < -0.4 is 10.9 Å². The minimum atomic E-state index is -1.34. The Morgan fingerprint density at radius 1 is 1.14 bits per heavy atom. The van der Waals surface area contributed by atoms with E-state index < -0.39 is 17.4 Å². The van der Waals surface area contributed by atoms with Gasteiger partial charge in [0.2, 0.25) is 0 Å². The van der Waals surface area contributed by atoms with Crippen molar-refractivity contribution in [3.63, 3.8) is 0 Å². The Balaban J connectivity index is 2.41. The third-order valence-electron chi connectivity index (χ3n) is 2.47. The first kappa shape index (κ1) is 15.0. The van der Waals surface area contributed by atoms with Crippen LogP contribution in [0.1, 0.15) is 20.8 Å². The van der Waals surface area contributed by atoms with Crippen LogP contribution in [0.25, 0.3) is 0 Å². The summed E-state index contributed by atoms with van der Waals surface area (Å²) in [6, 6.07) is 4.96. The van der Waals surface area contributed by atoms with Crippen molar-refractivity contribution in [2.24, 2.45) is 0 Å². The molecule has 0 aliphatic carbocycles. The number of amides is 1. The minimum absolute atomic E-state index is 0.00887. The number of hydrogen-bond donors (Lipinski definition) is 3. The molecule has 21 heavy (non-hydrogen) atoms. The van der Waals surface area contributed by atoms with Gasteiger partial charge in [-0.2, -0.15) is 5.10 Å². The SMILES string of the molecule is O=C(Nc1c(Cl)ccc(Cl)c1C(=O)O)c1ccc(=O)[nH]n1. The summed E-state index contributed by atoms with van der Waals surface area (Å²) in [7, 11) is 0. The van der Waals surface area contributed by atoms with Gasteiger partial charge in [0, 0.05) is 6.07 Å². The molecule has 2 aromatic rings. The molecule has 2 rings (SSSR count). The minimum Gasteiger partial charge on any atom is -0.478 e. The number of halogens is 2. The molecule has 0 atom stereocenters. The molecule has 0 bridgehead atoms. The first-order valence-electron chi connectivity index (χ1n) is 5.48. The molecule has 7 nitrogen and oxygen atoms in total. The van der Waals surface area contributed by atoms with E-state index in [1.54, 1.807) is 0 Å². The molecule has 1 heterocycles. The summed E-state index contributed by atoms with van der Waals surface area (Å²) in [6.07, 6.45) is 0. The second-order valence-electron chi connectivity index (χ2n) is 3.84. The van der Waals surface area contributed by atoms with Crippen molar-refractivity contribution in [2.45, 2.75) is 0 Å². The van der Waals surface area contributed by atoms with E-state index in [9.17, 15) is 14.4 Å². The van der Waals surface area contributed by atoms with Gasteiger partial charge in [0.25, 0.3) is 11.5 Å². The fraction of sp³-hybridized carbons (Fsp3) is 0. The fourth-order valence-corrected chi connectivity index (χ4v) is 1.97. The van der Waals surface area contributed by atoms with Crippen LogP contribution in [0.2, 0.25) is 10.0 Å². The molecule has 0 unspecified atom stereocenters. The van der Waals surface area contributed by atoms with Crippen molar-refractivity contribution in [2.75, 3.05) is 5.32 Å². The van der Waals surface area contributed by atoms with Gasteiger partial charge in [-0.3, -0.25) is 9.59 Å². The summed E-state index contributed by atoms with van der Waals surface area (Å²) in [6.45, 7) is 0. The first-order valence-corrected chi connectivity index (χ1v) is 6.24. The van der Waals surface area contributed by atoms with E-state index in [2.05, 4.69) is 15.5 Å². The highest BCUT2D eigenvalue weighted by atomic mass is 35.5. The van der Waals surface area contributed by atoms with E-state index in [-0.39, 0.29) is 27.0 Å². The molecular formula is C12H7Cl2N3O4. The summed E-state index contributed by atoms with van der Waals surface area (Å²) >= 11 is 11.7. The molecule has 0 saturated heterocycles. The van der Waals surface area contributed by atoms with Crippen molar-refractivity contribution < 1.29 is 14.7 Å². The second kappa shape index (κ2) is 5.94. The first-order chi connectivity index (χ1) is 9.90. The van der Waals surface area contributed by atoms with E-state index in [1.165, 1.54) is 18.2 Å². The topological polar surface area (TPSA) is 112 Å². The standard InChI is InChI=1S/C12H7Cl2N3O4/c13-5-1-2-6(14)10(9(5)12(20)21)15-11(19)7-3-4-8(18)17-16-7/h1-4H,(H,15,19)(H,17,18)(H,20,21). The van der Waals surface area contributed by atoms with Crippen molar-refractivity contribution in [3.05, 3.63) is 55.9 Å². The van der Waals surface area contributed by atoms with E-state index in [1.807, 2.05) is 0 Å². The van der Waals surface area contributed by atoms with Crippen molar-refractivity contribution in [1.82, 2.24) is 10.2 Å². The Labute approximate surface area is 127 Å². The maximum absolute atomic E-state index is 12.0. The number of hydrogen-bond acceptors (Lipinski definition) is 4. The molecular weight excluding hydrogens is 321 g/mol. The summed E-state index contributed by atoms with van der Waals surface area (Å²) in [5.41, 5.74) is -1.06. The van der Waals surface area contributed by atoms with Crippen molar-refractivity contribution in [1.29, 1.82) is 0 Å². The van der Waals surface area contributed by atoms with E-state index in [0.717, 1.165) is 6.07 Å². The largest absolute Gasteiger partial charge is 0.478 e. The molecule has 0 saturated carbocycles. The predicted molar refractivity (Wildman–Crippen MR) is 76.2 cm³/mol. The van der Waals surface area contributed by atoms with Gasteiger partial charge in [-0.25, -0.2) is 9.89 Å². The number of H-pyrrole nitrogens is 1. The number of carboxylic acid groups (broad SMARTS) is 1. The predicted octanol–water partition coefficient (Wildman–Crippen LogP) is 2.03. The molecule has 3 N–H and O–H groups in total. The van der Waals surface area contributed by atoms with Gasteiger partial charge >= 0.3 is 5.97 Å². The molecule has 1 aromatic heterocycles. The number of carboxylic acids is 1. The van der Waals surface area contributed by atoms with Crippen LogP contribution in [0.3, 0.4) is 0 Å². The Morgan fingerprint density at radius 2 is 1.81 bits per heavy atom. The van der Waals surface area contributed by atoms with Crippen LogP contribution in [0.5, 0.6) is 0 Å². The molecule has 0 aliphatic rings. The van der Waals surface area contributed by atoms with Crippen LogP contribution >= 0.6 is 23.2 Å². The third kappa shape index (κ3) is 3.21.